The molecule has 0 saturated carbocycles. The average molecular weight is 346 g/mol. The van der Waals surface area contributed by atoms with E-state index < -0.39 is 0 Å². The molecule has 0 atom stereocenters. The van der Waals surface area contributed by atoms with Crippen molar-refractivity contribution in [2.45, 2.75) is 13.5 Å². The Bertz CT molecular complexity index is 585. The number of aryl methyl sites for hydroxylation is 1. The number of thiophene rings is 1. The van der Waals surface area contributed by atoms with Crippen molar-refractivity contribution in [1.29, 1.82) is 0 Å². The number of hydrogen-bond donors (Lipinski definition) is 1. The standard InChI is InChI=1S/C12H10BrClN2OS/c1-7-5-18-6-8(7)3-16-12(17)10-2-9(13)4-15-11(10)14/h2,4-6H,3H2,1H3,(H,16,17). The molecule has 0 radical (unpaired) electrons. The Morgan fingerprint density at radius 2 is 2.33 bits per heavy atom. The fraction of sp³-hybridized carbons (Fsp3) is 0.167. The number of aromatic nitrogens is 1. The number of nitrogens with one attached hydrogen (secondary N) is 1. The van der Waals surface area contributed by atoms with Crippen LogP contribution in [-0.4, -0.2) is 10.9 Å². The minimum absolute atomic E-state index is 0.206. The molecule has 0 bridgehead atoms. The fourth-order valence-electron chi connectivity index (χ4n) is 1.42. The molecule has 0 aliphatic carbocycles. The highest BCUT2D eigenvalue weighted by Gasteiger charge is 2.12. The molecule has 2 heterocycles. The first-order chi connectivity index (χ1) is 8.58. The summed E-state index contributed by atoms with van der Waals surface area (Å²) in [5.41, 5.74) is 2.67. The Balaban J connectivity index is 2.08. The minimum atomic E-state index is -0.223. The number of pyridine rings is 1. The van der Waals surface area contributed by atoms with E-state index in [0.29, 0.717) is 12.1 Å². The summed E-state index contributed by atoms with van der Waals surface area (Å²) in [5, 5.41) is 7.11. The minimum Gasteiger partial charge on any atom is -0.348 e. The predicted octanol–water partition coefficient (Wildman–Crippen LogP) is 3.80. The normalized spacial score (nSPS) is 10.4. The molecular formula is C12H10BrClN2OS. The third kappa shape index (κ3) is 3.10. The Morgan fingerprint density at radius 3 is 3.00 bits per heavy atom. The fourth-order valence-corrected chi connectivity index (χ4v) is 2.80. The van der Waals surface area contributed by atoms with Crippen LogP contribution in [0.1, 0.15) is 21.5 Å². The zero-order chi connectivity index (χ0) is 13.1. The van der Waals surface area contributed by atoms with E-state index in [4.69, 9.17) is 11.6 Å². The second-order valence-corrected chi connectivity index (χ2v) is 5.77. The van der Waals surface area contributed by atoms with Crippen LogP contribution in [0, 0.1) is 6.92 Å². The maximum Gasteiger partial charge on any atom is 0.254 e. The van der Waals surface area contributed by atoms with E-state index in [1.807, 2.05) is 12.3 Å². The van der Waals surface area contributed by atoms with Crippen molar-refractivity contribution in [3.8, 4) is 0 Å². The van der Waals surface area contributed by atoms with Crippen LogP contribution in [0.4, 0.5) is 0 Å². The highest BCUT2D eigenvalue weighted by molar-refractivity contribution is 9.10. The van der Waals surface area contributed by atoms with Crippen molar-refractivity contribution in [3.05, 3.63) is 49.3 Å². The van der Waals surface area contributed by atoms with Gasteiger partial charge in [-0.2, -0.15) is 11.3 Å². The summed E-state index contributed by atoms with van der Waals surface area (Å²) in [6, 6.07) is 1.66. The van der Waals surface area contributed by atoms with Gasteiger partial charge in [0, 0.05) is 17.2 Å². The molecule has 3 nitrogen and oxygen atoms in total. The lowest BCUT2D eigenvalue weighted by atomic mass is 10.2. The van der Waals surface area contributed by atoms with Gasteiger partial charge in [0.25, 0.3) is 5.91 Å². The zero-order valence-corrected chi connectivity index (χ0v) is 12.7. The number of carbonyl (C=O) groups is 1. The van der Waals surface area contributed by atoms with E-state index in [2.05, 4.69) is 31.6 Å². The summed E-state index contributed by atoms with van der Waals surface area (Å²) in [6.07, 6.45) is 1.56. The molecule has 18 heavy (non-hydrogen) atoms. The van der Waals surface area contributed by atoms with Crippen LogP contribution >= 0.6 is 38.9 Å². The summed E-state index contributed by atoms with van der Waals surface area (Å²) in [7, 11) is 0. The van der Waals surface area contributed by atoms with E-state index in [1.165, 1.54) is 5.56 Å². The third-order valence-electron chi connectivity index (χ3n) is 2.45. The van der Waals surface area contributed by atoms with Gasteiger partial charge in [-0.05, 0) is 50.8 Å². The lowest BCUT2D eigenvalue weighted by Gasteiger charge is -2.06. The van der Waals surface area contributed by atoms with Gasteiger partial charge in [0.1, 0.15) is 5.15 Å². The van der Waals surface area contributed by atoms with E-state index >= 15 is 0 Å². The number of rotatable bonds is 3. The summed E-state index contributed by atoms with van der Waals surface area (Å²) in [4.78, 5) is 15.9. The molecule has 0 spiro atoms. The van der Waals surface area contributed by atoms with Gasteiger partial charge in [0.2, 0.25) is 0 Å². The molecule has 1 N–H and O–H groups in total. The monoisotopic (exact) mass is 344 g/mol. The molecule has 1 amide bonds. The highest BCUT2D eigenvalue weighted by Crippen LogP contribution is 2.18. The predicted molar refractivity (Wildman–Crippen MR) is 77.2 cm³/mol. The van der Waals surface area contributed by atoms with Crippen LogP contribution in [-0.2, 0) is 6.54 Å². The number of carbonyl (C=O) groups excluding carboxylic acids is 1. The van der Waals surface area contributed by atoms with Gasteiger partial charge in [-0.25, -0.2) is 4.98 Å². The summed E-state index contributed by atoms with van der Waals surface area (Å²) >= 11 is 10.8. The van der Waals surface area contributed by atoms with Crippen LogP contribution in [0.5, 0.6) is 0 Å². The first-order valence-electron chi connectivity index (χ1n) is 5.19. The second-order valence-electron chi connectivity index (χ2n) is 3.75. The van der Waals surface area contributed by atoms with Crippen molar-refractivity contribution >= 4 is 44.8 Å². The molecule has 0 saturated heterocycles. The number of hydrogen-bond acceptors (Lipinski definition) is 3. The molecule has 2 rings (SSSR count). The Hall–Kier alpha value is -0.910. The van der Waals surface area contributed by atoms with Gasteiger partial charge in [-0.1, -0.05) is 11.6 Å². The van der Waals surface area contributed by atoms with Crippen LogP contribution < -0.4 is 5.32 Å². The van der Waals surface area contributed by atoms with Crippen molar-refractivity contribution < 1.29 is 4.79 Å². The van der Waals surface area contributed by atoms with Crippen LogP contribution in [0.2, 0.25) is 5.15 Å². The number of amides is 1. The van der Waals surface area contributed by atoms with E-state index in [9.17, 15) is 4.79 Å². The van der Waals surface area contributed by atoms with Crippen molar-refractivity contribution in [3.63, 3.8) is 0 Å². The van der Waals surface area contributed by atoms with Gasteiger partial charge in [-0.3, -0.25) is 4.79 Å². The molecule has 0 aliphatic heterocycles. The van der Waals surface area contributed by atoms with E-state index in [0.717, 1.165) is 10.0 Å². The molecule has 94 valence electrons. The summed E-state index contributed by atoms with van der Waals surface area (Å²) in [6.45, 7) is 2.52. The largest absolute Gasteiger partial charge is 0.348 e. The van der Waals surface area contributed by atoms with Gasteiger partial charge in [-0.15, -0.1) is 0 Å². The Labute approximate surface area is 122 Å². The quantitative estimate of drug-likeness (QED) is 0.860. The van der Waals surface area contributed by atoms with Crippen molar-refractivity contribution in [2.24, 2.45) is 0 Å². The number of nitrogens with zero attached hydrogens (tertiary/aromatic N) is 1. The van der Waals surface area contributed by atoms with Crippen molar-refractivity contribution in [2.75, 3.05) is 0 Å². The molecular weight excluding hydrogens is 336 g/mol. The number of halogens is 2. The SMILES string of the molecule is Cc1cscc1CNC(=O)c1cc(Br)cnc1Cl. The Kier molecular flexibility index (Phi) is 4.37. The molecule has 2 aromatic heterocycles. The molecule has 2 aromatic rings. The summed E-state index contributed by atoms with van der Waals surface area (Å²) in [5.74, 6) is -0.223. The first-order valence-corrected chi connectivity index (χ1v) is 7.30. The van der Waals surface area contributed by atoms with Crippen LogP contribution in [0.15, 0.2) is 27.5 Å². The lowest BCUT2D eigenvalue weighted by Crippen LogP contribution is -2.23. The molecule has 0 aromatic carbocycles. The summed E-state index contributed by atoms with van der Waals surface area (Å²) < 4.78 is 0.726. The van der Waals surface area contributed by atoms with Crippen LogP contribution in [0.3, 0.4) is 0 Å². The van der Waals surface area contributed by atoms with E-state index in [-0.39, 0.29) is 11.1 Å². The second kappa shape index (κ2) is 5.82. The Morgan fingerprint density at radius 1 is 1.56 bits per heavy atom. The van der Waals surface area contributed by atoms with Crippen LogP contribution in [0.25, 0.3) is 0 Å². The van der Waals surface area contributed by atoms with E-state index in [1.54, 1.807) is 23.6 Å². The highest BCUT2D eigenvalue weighted by atomic mass is 79.9. The first kappa shape index (κ1) is 13.5. The molecule has 0 aliphatic rings. The van der Waals surface area contributed by atoms with Gasteiger partial charge in [0.05, 0.1) is 5.56 Å². The molecule has 0 unspecified atom stereocenters. The molecule has 6 heteroatoms. The lowest BCUT2D eigenvalue weighted by molar-refractivity contribution is 0.0950. The van der Waals surface area contributed by atoms with Gasteiger partial charge < -0.3 is 5.32 Å². The zero-order valence-electron chi connectivity index (χ0n) is 9.54. The molecule has 0 fully saturated rings. The average Bonchev–Trinajstić information content (AvgIpc) is 2.75. The maximum absolute atomic E-state index is 12.0. The van der Waals surface area contributed by atoms with Crippen molar-refractivity contribution in [1.82, 2.24) is 10.3 Å². The van der Waals surface area contributed by atoms with Gasteiger partial charge in [0.15, 0.2) is 0 Å². The topological polar surface area (TPSA) is 42.0 Å². The third-order valence-corrected chi connectivity index (χ3v) is 4.10. The maximum atomic E-state index is 12.0. The van der Waals surface area contributed by atoms with Gasteiger partial charge >= 0.3 is 0 Å². The smallest absolute Gasteiger partial charge is 0.254 e.